The molecule has 2 heterocycles. The number of fused-ring (bicyclic) bond motifs is 3. The molecule has 0 amide bonds. The van der Waals surface area contributed by atoms with Gasteiger partial charge in [-0.3, -0.25) is 0 Å². The first-order chi connectivity index (χ1) is 16.2. The highest BCUT2D eigenvalue weighted by atomic mass is 32.2. The van der Waals surface area contributed by atoms with Crippen LogP contribution in [-0.2, 0) is 27.6 Å². The van der Waals surface area contributed by atoms with Crippen LogP contribution >= 0.6 is 0 Å². The topological polar surface area (TPSA) is 115 Å². The molecule has 0 fully saturated rings. The van der Waals surface area contributed by atoms with Crippen molar-refractivity contribution < 1.29 is 44.7 Å². The van der Waals surface area contributed by atoms with Gasteiger partial charge in [0.1, 0.15) is 11.6 Å². The molecule has 2 aromatic carbocycles. The van der Waals surface area contributed by atoms with Crippen molar-refractivity contribution in [2.45, 2.75) is 42.9 Å². The molecule has 3 aromatic rings. The molecule has 1 aromatic heterocycles. The quantitative estimate of drug-likeness (QED) is 0.401. The Balaban J connectivity index is 0.000000429. The first-order valence-corrected chi connectivity index (χ1v) is 11.7. The fraction of sp³-hybridized carbons (Fsp3) is 0.333. The Labute approximate surface area is 195 Å². The van der Waals surface area contributed by atoms with Gasteiger partial charge in [-0.05, 0) is 29.8 Å². The summed E-state index contributed by atoms with van der Waals surface area (Å²) >= 11 is 0. The Kier molecular flexibility index (Phi) is 7.18. The summed E-state index contributed by atoms with van der Waals surface area (Å²) in [7, 11) is -3.37. The first kappa shape index (κ1) is 26.5. The van der Waals surface area contributed by atoms with Crippen molar-refractivity contribution in [1.29, 1.82) is 0 Å². The molecule has 190 valence electrons. The summed E-state index contributed by atoms with van der Waals surface area (Å²) in [6.07, 6.45) is -4.85. The molecule has 0 bridgehead atoms. The van der Waals surface area contributed by atoms with E-state index in [1.54, 1.807) is 13.0 Å². The number of carboxylic acid groups (broad SMARTS) is 1. The number of rotatable bonds is 3. The van der Waals surface area contributed by atoms with Gasteiger partial charge in [0, 0.05) is 31.0 Å². The minimum Gasteiger partial charge on any atom is -0.475 e. The van der Waals surface area contributed by atoms with Crippen LogP contribution in [0.1, 0.15) is 24.2 Å². The standard InChI is InChI=1S/C19H18F3N3O2S.C2HF3O2/c1-2-28(26,27)10-3-4-18-17(5-10)24-19-7-12(16(23)9-25(18)19)11-6-14(21)15(22)8-13(11)20;3-2(4,5)1(6)7/h3-6,8,12,16H,2,7,9,23H2,1H3;(H,6,7)/t12-,16+;/m1./s1. The minimum atomic E-state index is -5.08. The molecule has 0 aliphatic carbocycles. The molecule has 4 rings (SSSR count). The van der Waals surface area contributed by atoms with Crippen LogP contribution in [0.5, 0.6) is 0 Å². The number of alkyl halides is 3. The van der Waals surface area contributed by atoms with Gasteiger partial charge < -0.3 is 15.4 Å². The monoisotopic (exact) mass is 523 g/mol. The lowest BCUT2D eigenvalue weighted by molar-refractivity contribution is -0.192. The maximum atomic E-state index is 14.2. The molecule has 0 saturated heterocycles. The lowest BCUT2D eigenvalue weighted by Crippen LogP contribution is -2.39. The number of imidazole rings is 1. The summed E-state index contributed by atoms with van der Waals surface area (Å²) in [4.78, 5) is 13.6. The highest BCUT2D eigenvalue weighted by molar-refractivity contribution is 7.91. The van der Waals surface area contributed by atoms with Gasteiger partial charge in [-0.25, -0.2) is 31.4 Å². The van der Waals surface area contributed by atoms with Crippen LogP contribution in [0.15, 0.2) is 35.2 Å². The number of nitrogens with zero attached hydrogens (tertiary/aromatic N) is 2. The van der Waals surface area contributed by atoms with Crippen LogP contribution in [-0.4, -0.2) is 47.0 Å². The van der Waals surface area contributed by atoms with E-state index in [1.807, 2.05) is 4.57 Å². The highest BCUT2D eigenvalue weighted by Crippen LogP contribution is 2.34. The van der Waals surface area contributed by atoms with E-state index in [0.29, 0.717) is 24.0 Å². The van der Waals surface area contributed by atoms with Crippen LogP contribution in [0.25, 0.3) is 11.0 Å². The van der Waals surface area contributed by atoms with Gasteiger partial charge in [0.2, 0.25) is 0 Å². The molecule has 1 aliphatic rings. The summed E-state index contributed by atoms with van der Waals surface area (Å²) in [6.45, 7) is 1.87. The van der Waals surface area contributed by atoms with Gasteiger partial charge in [-0.2, -0.15) is 13.2 Å². The van der Waals surface area contributed by atoms with Gasteiger partial charge >= 0.3 is 12.1 Å². The Morgan fingerprint density at radius 1 is 1.14 bits per heavy atom. The van der Waals surface area contributed by atoms with E-state index in [4.69, 9.17) is 15.6 Å². The Morgan fingerprint density at radius 3 is 2.31 bits per heavy atom. The molecular weight excluding hydrogens is 504 g/mol. The zero-order chi connectivity index (χ0) is 26.3. The number of benzene rings is 2. The number of nitrogens with two attached hydrogens (primary N) is 1. The van der Waals surface area contributed by atoms with Crippen molar-refractivity contribution in [3.63, 3.8) is 0 Å². The maximum Gasteiger partial charge on any atom is 0.490 e. The molecule has 1 aliphatic heterocycles. The predicted molar refractivity (Wildman–Crippen MR) is 112 cm³/mol. The van der Waals surface area contributed by atoms with Gasteiger partial charge in [0.25, 0.3) is 0 Å². The van der Waals surface area contributed by atoms with Gasteiger partial charge in [0.15, 0.2) is 21.5 Å². The average molecular weight is 523 g/mol. The van der Waals surface area contributed by atoms with E-state index in [-0.39, 0.29) is 22.6 Å². The van der Waals surface area contributed by atoms with Crippen molar-refractivity contribution in [3.05, 3.63) is 59.2 Å². The number of aliphatic carboxylic acids is 1. The third-order valence-electron chi connectivity index (χ3n) is 5.53. The van der Waals surface area contributed by atoms with E-state index in [1.165, 1.54) is 12.1 Å². The number of hydrogen-bond acceptors (Lipinski definition) is 5. The Bertz CT molecular complexity index is 1390. The van der Waals surface area contributed by atoms with E-state index < -0.39 is 51.4 Å². The molecule has 3 N–H and O–H groups in total. The van der Waals surface area contributed by atoms with Gasteiger partial charge in [-0.1, -0.05) is 6.92 Å². The molecule has 0 spiro atoms. The summed E-state index contributed by atoms with van der Waals surface area (Å²) in [6, 6.07) is 5.56. The number of sulfone groups is 1. The van der Waals surface area contributed by atoms with E-state index in [2.05, 4.69) is 4.98 Å². The zero-order valence-electron chi connectivity index (χ0n) is 18.0. The summed E-state index contributed by atoms with van der Waals surface area (Å²) < 4.78 is 98.9. The highest BCUT2D eigenvalue weighted by Gasteiger charge is 2.38. The molecule has 7 nitrogen and oxygen atoms in total. The molecule has 0 saturated carbocycles. The fourth-order valence-corrected chi connectivity index (χ4v) is 4.63. The molecule has 2 atom stereocenters. The maximum absolute atomic E-state index is 14.2. The van der Waals surface area contributed by atoms with Crippen molar-refractivity contribution in [1.82, 2.24) is 9.55 Å². The van der Waals surface area contributed by atoms with E-state index >= 15 is 0 Å². The average Bonchev–Trinajstić information content (AvgIpc) is 3.12. The van der Waals surface area contributed by atoms with E-state index in [9.17, 15) is 34.8 Å². The number of carboxylic acids is 1. The molecule has 14 heteroatoms. The molecule has 35 heavy (non-hydrogen) atoms. The van der Waals surface area contributed by atoms with Crippen molar-refractivity contribution in [2.24, 2.45) is 5.73 Å². The number of aromatic nitrogens is 2. The summed E-state index contributed by atoms with van der Waals surface area (Å²) in [5.74, 6) is -5.98. The lowest BCUT2D eigenvalue weighted by Gasteiger charge is -2.30. The summed E-state index contributed by atoms with van der Waals surface area (Å²) in [5, 5.41) is 7.12. The smallest absolute Gasteiger partial charge is 0.475 e. The van der Waals surface area contributed by atoms with Crippen LogP contribution in [0.4, 0.5) is 26.3 Å². The summed E-state index contributed by atoms with van der Waals surface area (Å²) in [5.41, 5.74) is 7.47. The SMILES string of the molecule is CCS(=O)(=O)c1ccc2c(c1)nc1n2C[C@H](N)[C@@H](c2cc(F)c(F)cc2F)C1.O=C(O)C(F)(F)F. The second-order valence-corrected chi connectivity index (χ2v) is 10.0. The van der Waals surface area contributed by atoms with Gasteiger partial charge in [0.05, 0.1) is 21.7 Å². The molecular formula is C21H19F6N3O4S. The second-order valence-electron chi connectivity index (χ2n) is 7.76. The lowest BCUT2D eigenvalue weighted by atomic mass is 9.86. The Hall–Kier alpha value is -3.13. The van der Waals surface area contributed by atoms with Crippen molar-refractivity contribution in [2.75, 3.05) is 5.75 Å². The Morgan fingerprint density at radius 2 is 1.74 bits per heavy atom. The normalized spacial score (nSPS) is 18.1. The van der Waals surface area contributed by atoms with E-state index in [0.717, 1.165) is 11.6 Å². The molecule has 0 unspecified atom stereocenters. The third kappa shape index (κ3) is 5.42. The van der Waals surface area contributed by atoms with Gasteiger partial charge in [-0.15, -0.1) is 0 Å². The first-order valence-electron chi connectivity index (χ1n) is 10.1. The van der Waals surface area contributed by atoms with Crippen LogP contribution in [0.2, 0.25) is 0 Å². The number of carbonyl (C=O) groups is 1. The second kappa shape index (κ2) is 9.49. The minimum absolute atomic E-state index is 0.0129. The van der Waals surface area contributed by atoms with Crippen molar-refractivity contribution >= 4 is 26.8 Å². The van der Waals surface area contributed by atoms with Crippen LogP contribution in [0, 0.1) is 17.5 Å². The van der Waals surface area contributed by atoms with Crippen LogP contribution < -0.4 is 5.73 Å². The number of hydrogen-bond donors (Lipinski definition) is 2. The largest absolute Gasteiger partial charge is 0.490 e. The van der Waals surface area contributed by atoms with Crippen molar-refractivity contribution in [3.8, 4) is 0 Å². The predicted octanol–water partition coefficient (Wildman–Crippen LogP) is 3.55. The number of halogens is 6. The fourth-order valence-electron chi connectivity index (χ4n) is 3.73. The third-order valence-corrected chi connectivity index (χ3v) is 7.26. The molecule has 0 radical (unpaired) electrons. The zero-order valence-corrected chi connectivity index (χ0v) is 18.8. The van der Waals surface area contributed by atoms with Crippen LogP contribution in [0.3, 0.4) is 0 Å².